The molecule has 5 heteroatoms. The molecule has 0 aromatic heterocycles. The Labute approximate surface area is 107 Å². The summed E-state index contributed by atoms with van der Waals surface area (Å²) in [6.07, 6.45) is 4.90. The molecule has 1 saturated heterocycles. The van der Waals surface area contributed by atoms with Crippen molar-refractivity contribution in [2.75, 3.05) is 19.6 Å². The van der Waals surface area contributed by atoms with Gasteiger partial charge >= 0.3 is 5.97 Å². The lowest BCUT2D eigenvalue weighted by Crippen LogP contribution is -2.47. The van der Waals surface area contributed by atoms with Crippen LogP contribution in [-0.2, 0) is 9.59 Å². The van der Waals surface area contributed by atoms with E-state index in [1.54, 1.807) is 0 Å². The van der Waals surface area contributed by atoms with E-state index in [0.717, 1.165) is 32.4 Å². The normalized spacial score (nSPS) is 25.4. The van der Waals surface area contributed by atoms with Crippen molar-refractivity contribution < 1.29 is 14.7 Å². The van der Waals surface area contributed by atoms with Crippen LogP contribution in [0.25, 0.3) is 0 Å². The van der Waals surface area contributed by atoms with Crippen LogP contribution >= 0.6 is 0 Å². The summed E-state index contributed by atoms with van der Waals surface area (Å²) in [7, 11) is 0. The van der Waals surface area contributed by atoms with Crippen molar-refractivity contribution in [2.24, 2.45) is 11.3 Å². The molecule has 2 rings (SSSR count). The number of rotatable bonds is 6. The van der Waals surface area contributed by atoms with E-state index >= 15 is 0 Å². The number of nitrogens with one attached hydrogen (secondary N) is 2. The van der Waals surface area contributed by atoms with E-state index in [2.05, 4.69) is 10.6 Å². The Morgan fingerprint density at radius 3 is 2.67 bits per heavy atom. The highest BCUT2D eigenvalue weighted by atomic mass is 16.4. The van der Waals surface area contributed by atoms with Crippen LogP contribution in [0.5, 0.6) is 0 Å². The van der Waals surface area contributed by atoms with Gasteiger partial charge in [-0.1, -0.05) is 6.42 Å². The van der Waals surface area contributed by atoms with Gasteiger partial charge in [0.2, 0.25) is 5.91 Å². The Balaban J connectivity index is 1.66. The first-order chi connectivity index (χ1) is 8.62. The second-order valence-corrected chi connectivity index (χ2v) is 5.61. The summed E-state index contributed by atoms with van der Waals surface area (Å²) in [5.74, 6) is -0.170. The number of carboxylic acid groups (broad SMARTS) is 1. The Morgan fingerprint density at radius 2 is 2.17 bits per heavy atom. The first kappa shape index (κ1) is 13.3. The van der Waals surface area contributed by atoms with Gasteiger partial charge in [0.15, 0.2) is 0 Å². The van der Waals surface area contributed by atoms with Crippen LogP contribution in [-0.4, -0.2) is 36.6 Å². The Bertz CT molecular complexity index is 320. The van der Waals surface area contributed by atoms with Crippen LogP contribution in [0, 0.1) is 11.3 Å². The number of carbonyl (C=O) groups is 2. The molecule has 1 heterocycles. The largest absolute Gasteiger partial charge is 0.481 e. The highest BCUT2D eigenvalue weighted by Crippen LogP contribution is 2.40. The average molecular weight is 254 g/mol. The summed E-state index contributed by atoms with van der Waals surface area (Å²) in [5.41, 5.74) is -0.676. The third-order valence-corrected chi connectivity index (χ3v) is 4.33. The highest BCUT2D eigenvalue weighted by molar-refractivity contribution is 5.79. The molecule has 1 amide bonds. The maximum Gasteiger partial charge on any atom is 0.311 e. The monoisotopic (exact) mass is 254 g/mol. The minimum Gasteiger partial charge on any atom is -0.481 e. The number of hydrogen-bond donors (Lipinski definition) is 3. The SMILES string of the molecule is O=C(CCC1CCNC1)NCC1(C(=O)O)CCC1. The fourth-order valence-corrected chi connectivity index (χ4v) is 2.72. The maximum absolute atomic E-state index is 11.7. The van der Waals surface area contributed by atoms with Crippen molar-refractivity contribution in [2.45, 2.75) is 38.5 Å². The Morgan fingerprint density at radius 1 is 1.39 bits per heavy atom. The summed E-state index contributed by atoms with van der Waals surface area (Å²) in [4.78, 5) is 22.8. The summed E-state index contributed by atoms with van der Waals surface area (Å²) in [5, 5.41) is 15.2. The van der Waals surface area contributed by atoms with Crippen LogP contribution in [0.1, 0.15) is 38.5 Å². The van der Waals surface area contributed by atoms with Crippen LogP contribution in [0.15, 0.2) is 0 Å². The van der Waals surface area contributed by atoms with Crippen molar-refractivity contribution in [1.82, 2.24) is 10.6 Å². The molecule has 0 bridgehead atoms. The molecule has 1 atom stereocenters. The van der Waals surface area contributed by atoms with Crippen LogP contribution in [0.3, 0.4) is 0 Å². The van der Waals surface area contributed by atoms with E-state index in [-0.39, 0.29) is 5.91 Å². The zero-order valence-electron chi connectivity index (χ0n) is 10.7. The minimum absolute atomic E-state index is 0.00516. The zero-order valence-corrected chi connectivity index (χ0v) is 10.7. The summed E-state index contributed by atoms with van der Waals surface area (Å²) in [6.45, 7) is 2.35. The molecule has 18 heavy (non-hydrogen) atoms. The average Bonchev–Trinajstić information content (AvgIpc) is 2.77. The molecule has 0 aromatic rings. The number of carboxylic acids is 1. The molecule has 1 aliphatic heterocycles. The number of hydrogen-bond acceptors (Lipinski definition) is 3. The summed E-state index contributed by atoms with van der Waals surface area (Å²) in [6, 6.07) is 0. The first-order valence-electron chi connectivity index (χ1n) is 6.83. The number of amides is 1. The quantitative estimate of drug-likeness (QED) is 0.653. The van der Waals surface area contributed by atoms with Gasteiger partial charge in [-0.25, -0.2) is 0 Å². The van der Waals surface area contributed by atoms with Crippen molar-refractivity contribution in [1.29, 1.82) is 0 Å². The van der Waals surface area contributed by atoms with Gasteiger partial charge in [0.1, 0.15) is 0 Å². The lowest BCUT2D eigenvalue weighted by atomic mass is 9.69. The predicted molar refractivity (Wildman–Crippen MR) is 67.1 cm³/mol. The molecular formula is C13H22N2O3. The zero-order chi connectivity index (χ0) is 13.0. The van der Waals surface area contributed by atoms with Crippen LogP contribution in [0.2, 0.25) is 0 Å². The van der Waals surface area contributed by atoms with Gasteiger partial charge in [0.25, 0.3) is 0 Å². The molecule has 102 valence electrons. The van der Waals surface area contributed by atoms with E-state index in [1.165, 1.54) is 0 Å². The van der Waals surface area contributed by atoms with Crippen molar-refractivity contribution in [3.8, 4) is 0 Å². The molecule has 0 spiro atoms. The Kier molecular flexibility index (Phi) is 4.22. The van der Waals surface area contributed by atoms with Gasteiger partial charge in [-0.15, -0.1) is 0 Å². The molecule has 2 fully saturated rings. The van der Waals surface area contributed by atoms with E-state index in [0.29, 0.717) is 31.7 Å². The van der Waals surface area contributed by atoms with Gasteiger partial charge in [-0.05, 0) is 44.7 Å². The maximum atomic E-state index is 11.7. The van der Waals surface area contributed by atoms with Gasteiger partial charge in [-0.3, -0.25) is 9.59 Å². The molecule has 0 aromatic carbocycles. The molecule has 1 aliphatic carbocycles. The number of carbonyl (C=O) groups excluding carboxylic acids is 1. The lowest BCUT2D eigenvalue weighted by Gasteiger charge is -2.37. The highest BCUT2D eigenvalue weighted by Gasteiger charge is 2.44. The van der Waals surface area contributed by atoms with E-state index < -0.39 is 11.4 Å². The molecule has 1 unspecified atom stereocenters. The van der Waals surface area contributed by atoms with Gasteiger partial charge < -0.3 is 15.7 Å². The van der Waals surface area contributed by atoms with Crippen molar-refractivity contribution >= 4 is 11.9 Å². The van der Waals surface area contributed by atoms with Gasteiger partial charge in [0.05, 0.1) is 5.41 Å². The lowest BCUT2D eigenvalue weighted by molar-refractivity contribution is -0.154. The van der Waals surface area contributed by atoms with Crippen molar-refractivity contribution in [3.05, 3.63) is 0 Å². The van der Waals surface area contributed by atoms with Crippen LogP contribution in [0.4, 0.5) is 0 Å². The molecule has 5 nitrogen and oxygen atoms in total. The fraction of sp³-hybridized carbons (Fsp3) is 0.846. The van der Waals surface area contributed by atoms with E-state index in [1.807, 2.05) is 0 Å². The van der Waals surface area contributed by atoms with E-state index in [4.69, 9.17) is 5.11 Å². The number of aliphatic carboxylic acids is 1. The third kappa shape index (κ3) is 3.02. The summed E-state index contributed by atoms with van der Waals surface area (Å²) >= 11 is 0. The van der Waals surface area contributed by atoms with Crippen LogP contribution < -0.4 is 10.6 Å². The first-order valence-corrected chi connectivity index (χ1v) is 6.83. The van der Waals surface area contributed by atoms with Crippen molar-refractivity contribution in [3.63, 3.8) is 0 Å². The molecule has 2 aliphatic rings. The molecule has 3 N–H and O–H groups in total. The molecule has 1 saturated carbocycles. The predicted octanol–water partition coefficient (Wildman–Crippen LogP) is 0.747. The Hall–Kier alpha value is -1.10. The van der Waals surface area contributed by atoms with E-state index in [9.17, 15) is 9.59 Å². The second kappa shape index (κ2) is 5.69. The standard InChI is InChI=1S/C13H22N2O3/c16-11(3-2-10-4-7-14-8-10)15-9-13(12(17)18)5-1-6-13/h10,14H,1-9H2,(H,15,16)(H,17,18). The van der Waals surface area contributed by atoms with Gasteiger partial charge in [0, 0.05) is 13.0 Å². The summed E-state index contributed by atoms with van der Waals surface area (Å²) < 4.78 is 0. The second-order valence-electron chi connectivity index (χ2n) is 5.61. The fourth-order valence-electron chi connectivity index (χ4n) is 2.72. The molecule has 0 radical (unpaired) electrons. The minimum atomic E-state index is -0.769. The topological polar surface area (TPSA) is 78.4 Å². The van der Waals surface area contributed by atoms with Gasteiger partial charge in [-0.2, -0.15) is 0 Å². The molecular weight excluding hydrogens is 232 g/mol. The third-order valence-electron chi connectivity index (χ3n) is 4.33. The smallest absolute Gasteiger partial charge is 0.311 e.